The van der Waals surface area contributed by atoms with Crippen LogP contribution < -0.4 is 29.9 Å². The zero-order valence-electron chi connectivity index (χ0n) is 44.7. The second-order valence-corrected chi connectivity index (χ2v) is 24.1. The molecule has 3 fully saturated rings. The van der Waals surface area contributed by atoms with E-state index in [0.717, 1.165) is 150 Å². The largest absolute Gasteiger partial charge is 0.492 e. The van der Waals surface area contributed by atoms with E-state index in [2.05, 4.69) is 122 Å². The van der Waals surface area contributed by atoms with Crippen molar-refractivity contribution in [2.24, 2.45) is 5.92 Å². The summed E-state index contributed by atoms with van der Waals surface area (Å²) in [6.07, 6.45) is 12.2. The van der Waals surface area contributed by atoms with E-state index in [1.54, 1.807) is 30.2 Å². The molecule has 3 N–H and O–H groups in total. The molecule has 74 heavy (non-hydrogen) atoms. The average Bonchev–Trinajstić information content (AvgIpc) is 3.84. The fourth-order valence-electron chi connectivity index (χ4n) is 10.1. The smallest absolute Gasteiger partial charge is 0.241 e. The number of ether oxygens (including phenoxy) is 2. The van der Waals surface area contributed by atoms with E-state index in [1.807, 2.05) is 37.3 Å². The van der Waals surface area contributed by atoms with Gasteiger partial charge in [-0.05, 0) is 101 Å². The number of H-pyrrole nitrogens is 1. The summed E-state index contributed by atoms with van der Waals surface area (Å²) in [5, 5.41) is 15.2. The van der Waals surface area contributed by atoms with Gasteiger partial charge in [-0.1, -0.05) is 46.8 Å². The zero-order chi connectivity index (χ0) is 52.1. The highest BCUT2D eigenvalue weighted by atomic mass is 32.2. The van der Waals surface area contributed by atoms with Crippen LogP contribution in [0.4, 0.5) is 27.7 Å². The molecule has 394 valence electrons. The number of hydrogen-bond donors (Lipinski definition) is 3. The number of anilines is 4. The van der Waals surface area contributed by atoms with E-state index in [0.29, 0.717) is 38.1 Å². The maximum atomic E-state index is 13.2. The predicted molar refractivity (Wildman–Crippen MR) is 293 cm³/mol. The number of piperazine rings is 1. The van der Waals surface area contributed by atoms with Crippen LogP contribution in [0.1, 0.15) is 95.3 Å². The van der Waals surface area contributed by atoms with Gasteiger partial charge in [0.25, 0.3) is 0 Å². The Labute approximate surface area is 440 Å². The third-order valence-electron chi connectivity index (χ3n) is 14.4. The quantitative estimate of drug-likeness (QED) is 0.0939. The summed E-state index contributed by atoms with van der Waals surface area (Å²) in [6.45, 7) is 25.5. The molecule has 18 heteroatoms. The molecule has 0 saturated carbocycles. The Balaban J connectivity index is 0.000000200. The number of nitrogens with one attached hydrogen (secondary N) is 3. The number of benzene rings is 2. The Morgan fingerprint density at radius 2 is 1.65 bits per heavy atom. The van der Waals surface area contributed by atoms with Gasteiger partial charge in [0.05, 0.1) is 47.3 Å². The van der Waals surface area contributed by atoms with Gasteiger partial charge in [-0.25, -0.2) is 24.3 Å². The SMILES string of the molecule is CC1CN(CC(=O)N2CC(C)(C)c3ncc(Cc4ccc(F)cc4)cc32)CCN1.Cc1[nH]nc(Nc2ncnc3cc(OCC4CCN(c5ncc(OC6CCN(C)CC6)cn5)CC4)c(SC(C)(C)C)cc23)c1C. The lowest BCUT2D eigenvalue weighted by atomic mass is 9.91. The number of hydrogen-bond acceptors (Lipinski definition) is 15. The van der Waals surface area contributed by atoms with Crippen LogP contribution in [0.25, 0.3) is 10.9 Å². The first-order valence-electron chi connectivity index (χ1n) is 26.2. The van der Waals surface area contributed by atoms with Gasteiger partial charge < -0.3 is 34.8 Å². The lowest BCUT2D eigenvalue weighted by molar-refractivity contribution is -0.120. The third-order valence-corrected chi connectivity index (χ3v) is 15.6. The molecule has 0 aliphatic carbocycles. The number of aromatic nitrogens is 7. The van der Waals surface area contributed by atoms with Crippen molar-refractivity contribution in [2.45, 2.75) is 115 Å². The van der Waals surface area contributed by atoms with Gasteiger partial charge in [-0.2, -0.15) is 5.10 Å². The summed E-state index contributed by atoms with van der Waals surface area (Å²) in [5.74, 6) is 4.24. The maximum absolute atomic E-state index is 13.2. The van der Waals surface area contributed by atoms with Gasteiger partial charge in [0.15, 0.2) is 11.6 Å². The van der Waals surface area contributed by atoms with Crippen molar-refractivity contribution in [1.29, 1.82) is 0 Å². The molecule has 4 aliphatic rings. The Morgan fingerprint density at radius 1 is 0.905 bits per heavy atom. The van der Waals surface area contributed by atoms with Crippen LogP contribution in [0.5, 0.6) is 11.5 Å². The first-order valence-corrected chi connectivity index (χ1v) is 27.1. The van der Waals surface area contributed by atoms with Crippen molar-refractivity contribution >= 4 is 51.8 Å². The minimum absolute atomic E-state index is 0.00392. The summed E-state index contributed by atoms with van der Waals surface area (Å²) < 4.78 is 25.9. The number of aromatic amines is 1. The lowest BCUT2D eigenvalue weighted by Crippen LogP contribution is -2.52. The summed E-state index contributed by atoms with van der Waals surface area (Å²) in [6, 6.07) is 13.2. The fourth-order valence-corrected chi connectivity index (χ4v) is 11.2. The van der Waals surface area contributed by atoms with E-state index in [1.165, 1.54) is 12.1 Å². The molecule has 3 saturated heterocycles. The second kappa shape index (κ2) is 22.9. The van der Waals surface area contributed by atoms with Gasteiger partial charge in [0.2, 0.25) is 11.9 Å². The number of piperidine rings is 2. The summed E-state index contributed by atoms with van der Waals surface area (Å²) >= 11 is 1.79. The molecular formula is C56H74FN13O3S. The molecule has 1 atom stereocenters. The number of aryl methyl sites for hydroxylation is 1. The number of fused-ring (bicyclic) bond motifs is 2. The van der Waals surface area contributed by atoms with Crippen LogP contribution in [0.3, 0.4) is 0 Å². The number of carbonyl (C=O) groups is 1. The van der Waals surface area contributed by atoms with Crippen molar-refractivity contribution in [1.82, 2.24) is 50.2 Å². The standard InChI is InChI=1S/C33H45N9O2S.C23H29FN4O/c1-21-22(2)39-40-30(21)38-31-26-15-29(45-33(3,4)5)28(16-27(26)36-20-37-31)43-19-23-7-13-42(14-8-23)32-34-17-25(18-35-32)44-24-9-11-41(6)12-10-24;1-16-13-27(9-8-25-16)14-21(29)28-15-23(2,3)22-20(28)11-18(12-26-22)10-17-4-6-19(24)7-5-17/h15-18,20,23-24H,7-14,19H2,1-6H3,(H2,36,37,38,39,40);4-7,11-12,16,25H,8-10,13-15H2,1-3H3. The zero-order valence-corrected chi connectivity index (χ0v) is 45.5. The molecule has 1 amide bonds. The number of pyridine rings is 1. The Kier molecular flexibility index (Phi) is 16.4. The third kappa shape index (κ3) is 13.3. The van der Waals surface area contributed by atoms with E-state index >= 15 is 0 Å². The molecule has 1 unspecified atom stereocenters. The first-order chi connectivity index (χ1) is 35.4. The maximum Gasteiger partial charge on any atom is 0.241 e. The number of halogens is 1. The first kappa shape index (κ1) is 52.9. The van der Waals surface area contributed by atoms with Gasteiger partial charge in [-0.3, -0.25) is 19.8 Å². The van der Waals surface area contributed by atoms with Crippen molar-refractivity contribution in [3.8, 4) is 11.5 Å². The van der Waals surface area contributed by atoms with Crippen molar-refractivity contribution in [3.05, 3.63) is 101 Å². The predicted octanol–water partition coefficient (Wildman–Crippen LogP) is 8.89. The van der Waals surface area contributed by atoms with E-state index < -0.39 is 0 Å². The van der Waals surface area contributed by atoms with Crippen LogP contribution in [0.15, 0.2) is 72.3 Å². The number of nitrogens with zero attached hydrogens (tertiary/aromatic N) is 10. The van der Waals surface area contributed by atoms with Crippen molar-refractivity contribution in [3.63, 3.8) is 0 Å². The molecule has 8 heterocycles. The normalized spacial score (nSPS) is 18.8. The summed E-state index contributed by atoms with van der Waals surface area (Å²) in [4.78, 5) is 46.1. The molecule has 0 bridgehead atoms. The molecule has 0 spiro atoms. The highest BCUT2D eigenvalue weighted by molar-refractivity contribution is 8.00. The number of likely N-dealkylation sites (tertiary alicyclic amines) is 1. The molecule has 4 aromatic heterocycles. The second-order valence-electron chi connectivity index (χ2n) is 22.2. The van der Waals surface area contributed by atoms with Gasteiger partial charge in [0, 0.05) is 97.5 Å². The Hall–Kier alpha value is -5.95. The number of carbonyl (C=O) groups excluding carboxylic acids is 1. The minimum atomic E-state index is -0.235. The molecule has 2 aromatic carbocycles. The van der Waals surface area contributed by atoms with Crippen LogP contribution >= 0.6 is 11.8 Å². The molecule has 16 nitrogen and oxygen atoms in total. The highest BCUT2D eigenvalue weighted by Crippen LogP contribution is 2.42. The van der Waals surface area contributed by atoms with Crippen LogP contribution in [-0.4, -0.2) is 140 Å². The topological polar surface area (TPSA) is 166 Å². The fraction of sp³-hybridized carbons (Fsp3) is 0.518. The molecule has 4 aliphatic heterocycles. The summed E-state index contributed by atoms with van der Waals surface area (Å²) in [7, 11) is 2.16. The van der Waals surface area contributed by atoms with Gasteiger partial charge in [-0.15, -0.1) is 11.8 Å². The molecule has 6 aromatic rings. The van der Waals surface area contributed by atoms with Gasteiger partial charge >= 0.3 is 0 Å². The molecule has 10 rings (SSSR count). The van der Waals surface area contributed by atoms with Crippen LogP contribution in [0, 0.1) is 25.6 Å². The highest BCUT2D eigenvalue weighted by Gasteiger charge is 2.40. The Bertz CT molecular complexity index is 2860. The molecular weight excluding hydrogens is 954 g/mol. The van der Waals surface area contributed by atoms with Crippen molar-refractivity contribution in [2.75, 3.05) is 87.7 Å². The number of rotatable bonds is 13. The number of amides is 1. The van der Waals surface area contributed by atoms with E-state index in [9.17, 15) is 9.18 Å². The number of thioether (sulfide) groups is 1. The molecule has 0 radical (unpaired) electrons. The van der Waals surface area contributed by atoms with Crippen LogP contribution in [-0.2, 0) is 16.6 Å². The van der Waals surface area contributed by atoms with Crippen molar-refractivity contribution < 1.29 is 18.7 Å². The van der Waals surface area contributed by atoms with E-state index in [-0.39, 0.29) is 28.0 Å². The lowest BCUT2D eigenvalue weighted by Gasteiger charge is -2.32. The minimum Gasteiger partial charge on any atom is -0.492 e. The monoisotopic (exact) mass is 1030 g/mol. The van der Waals surface area contributed by atoms with Crippen LogP contribution in [0.2, 0.25) is 0 Å². The summed E-state index contributed by atoms with van der Waals surface area (Å²) in [5.41, 5.74) is 6.71. The Morgan fingerprint density at radius 3 is 2.34 bits per heavy atom. The average molecular weight is 1030 g/mol. The van der Waals surface area contributed by atoms with E-state index in [4.69, 9.17) is 14.5 Å². The van der Waals surface area contributed by atoms with Gasteiger partial charge in [0.1, 0.15) is 29.8 Å².